The fraction of sp³-hybridized carbons (Fsp3) is 0.571. The minimum Gasteiger partial charge on any atom is -0.492 e. The second-order valence-corrected chi connectivity index (χ2v) is 4.67. The number of ether oxygens (including phenoxy) is 1. The molecule has 0 unspecified atom stereocenters. The van der Waals surface area contributed by atoms with Crippen molar-refractivity contribution in [1.29, 1.82) is 0 Å². The van der Waals surface area contributed by atoms with Gasteiger partial charge in [0, 0.05) is 6.54 Å². The van der Waals surface area contributed by atoms with Crippen LogP contribution < -0.4 is 10.1 Å². The molecule has 0 saturated heterocycles. The summed E-state index contributed by atoms with van der Waals surface area (Å²) in [4.78, 5) is 2.17. The van der Waals surface area contributed by atoms with Crippen LogP contribution in [0.3, 0.4) is 0 Å². The van der Waals surface area contributed by atoms with E-state index in [1.807, 2.05) is 6.92 Å². The molecule has 0 amide bonds. The summed E-state index contributed by atoms with van der Waals surface area (Å²) in [6.07, 6.45) is 1.13. The normalized spacial score (nSPS) is 10.9. The van der Waals surface area contributed by atoms with Gasteiger partial charge in [0.15, 0.2) is 0 Å². The molecule has 3 nitrogen and oxygen atoms in total. The Morgan fingerprint density at radius 2 is 2.06 bits per heavy atom. The molecule has 0 aliphatic heterocycles. The number of halogens is 1. The van der Waals surface area contributed by atoms with Crippen LogP contribution in [0.2, 0.25) is 0 Å². The summed E-state index contributed by atoms with van der Waals surface area (Å²) in [6, 6.07) is 4.59. The van der Waals surface area contributed by atoms with Gasteiger partial charge in [0.2, 0.25) is 0 Å². The minimum atomic E-state index is -0.221. The monoisotopic (exact) mass is 254 g/mol. The van der Waals surface area contributed by atoms with Crippen molar-refractivity contribution in [2.24, 2.45) is 0 Å². The van der Waals surface area contributed by atoms with E-state index in [4.69, 9.17) is 4.74 Å². The van der Waals surface area contributed by atoms with E-state index in [1.54, 1.807) is 6.07 Å². The molecule has 0 aliphatic rings. The van der Waals surface area contributed by atoms with Crippen molar-refractivity contribution in [3.05, 3.63) is 29.6 Å². The molecule has 102 valence electrons. The molecule has 1 aromatic carbocycles. The summed E-state index contributed by atoms with van der Waals surface area (Å²) in [6.45, 7) is 5.34. The van der Waals surface area contributed by atoms with Crippen LogP contribution in [0.4, 0.5) is 4.39 Å². The van der Waals surface area contributed by atoms with E-state index in [9.17, 15) is 4.39 Å². The lowest BCUT2D eigenvalue weighted by Crippen LogP contribution is -2.25. The Morgan fingerprint density at radius 1 is 1.28 bits per heavy atom. The average molecular weight is 254 g/mol. The first-order valence-electron chi connectivity index (χ1n) is 6.34. The van der Waals surface area contributed by atoms with Crippen LogP contribution in [0.15, 0.2) is 18.2 Å². The molecule has 1 N–H and O–H groups in total. The lowest BCUT2D eigenvalue weighted by atomic mass is 10.2. The Bertz CT molecular complexity index is 356. The molecule has 0 spiro atoms. The summed E-state index contributed by atoms with van der Waals surface area (Å²) in [5.74, 6) is 0.535. The van der Waals surface area contributed by atoms with Crippen molar-refractivity contribution in [2.45, 2.75) is 13.3 Å². The number of aryl methyl sites for hydroxylation is 1. The Labute approximate surface area is 109 Å². The lowest BCUT2D eigenvalue weighted by Gasteiger charge is -2.11. The first kappa shape index (κ1) is 14.9. The van der Waals surface area contributed by atoms with E-state index < -0.39 is 0 Å². The summed E-state index contributed by atoms with van der Waals surface area (Å²) in [7, 11) is 4.14. The molecule has 1 rings (SSSR count). The maximum absolute atomic E-state index is 12.9. The predicted octanol–water partition coefficient (Wildman–Crippen LogP) is 2.05. The SMILES string of the molecule is Cc1cc(F)ccc1OCCNCCCN(C)C. The van der Waals surface area contributed by atoms with Gasteiger partial charge in [0.25, 0.3) is 0 Å². The van der Waals surface area contributed by atoms with Crippen LogP contribution >= 0.6 is 0 Å². The van der Waals surface area contributed by atoms with Crippen LogP contribution in [-0.2, 0) is 0 Å². The number of nitrogens with one attached hydrogen (secondary N) is 1. The van der Waals surface area contributed by atoms with Gasteiger partial charge in [-0.3, -0.25) is 0 Å². The highest BCUT2D eigenvalue weighted by Crippen LogP contribution is 2.17. The molecular formula is C14H23FN2O. The van der Waals surface area contributed by atoms with Crippen molar-refractivity contribution in [2.75, 3.05) is 40.3 Å². The van der Waals surface area contributed by atoms with Gasteiger partial charge in [0.05, 0.1) is 0 Å². The Morgan fingerprint density at radius 3 is 2.72 bits per heavy atom. The fourth-order valence-electron chi connectivity index (χ4n) is 1.65. The predicted molar refractivity (Wildman–Crippen MR) is 72.7 cm³/mol. The molecule has 0 bridgehead atoms. The van der Waals surface area contributed by atoms with Gasteiger partial charge >= 0.3 is 0 Å². The van der Waals surface area contributed by atoms with E-state index >= 15 is 0 Å². The third-order valence-electron chi connectivity index (χ3n) is 2.63. The quantitative estimate of drug-likeness (QED) is 0.719. The molecule has 1 aromatic rings. The first-order chi connectivity index (χ1) is 8.59. The largest absolute Gasteiger partial charge is 0.492 e. The third kappa shape index (κ3) is 5.98. The Hall–Kier alpha value is -1.13. The van der Waals surface area contributed by atoms with E-state index in [-0.39, 0.29) is 5.82 Å². The fourth-order valence-corrected chi connectivity index (χ4v) is 1.65. The Kier molecular flexibility index (Phi) is 6.68. The van der Waals surface area contributed by atoms with Gasteiger partial charge in [-0.1, -0.05) is 0 Å². The zero-order valence-corrected chi connectivity index (χ0v) is 11.5. The third-order valence-corrected chi connectivity index (χ3v) is 2.63. The zero-order chi connectivity index (χ0) is 13.4. The molecule has 0 fully saturated rings. The number of hydrogen-bond donors (Lipinski definition) is 1. The number of rotatable bonds is 8. The van der Waals surface area contributed by atoms with Crippen molar-refractivity contribution in [3.8, 4) is 5.75 Å². The van der Waals surface area contributed by atoms with Crippen LogP contribution in [0.1, 0.15) is 12.0 Å². The van der Waals surface area contributed by atoms with Crippen molar-refractivity contribution < 1.29 is 9.13 Å². The molecule has 18 heavy (non-hydrogen) atoms. The van der Waals surface area contributed by atoms with Gasteiger partial charge in [0.1, 0.15) is 18.2 Å². The highest BCUT2D eigenvalue weighted by Gasteiger charge is 2.00. The van der Waals surface area contributed by atoms with Gasteiger partial charge in [-0.15, -0.1) is 0 Å². The van der Waals surface area contributed by atoms with Gasteiger partial charge in [-0.2, -0.15) is 0 Å². The van der Waals surface area contributed by atoms with Crippen LogP contribution in [0, 0.1) is 12.7 Å². The summed E-state index contributed by atoms with van der Waals surface area (Å²) in [5.41, 5.74) is 0.836. The van der Waals surface area contributed by atoms with Crippen molar-refractivity contribution in [1.82, 2.24) is 10.2 Å². The second-order valence-electron chi connectivity index (χ2n) is 4.67. The number of benzene rings is 1. The summed E-state index contributed by atoms with van der Waals surface area (Å²) >= 11 is 0. The smallest absolute Gasteiger partial charge is 0.123 e. The molecule has 0 aromatic heterocycles. The topological polar surface area (TPSA) is 24.5 Å². The molecular weight excluding hydrogens is 231 g/mol. The van der Waals surface area contributed by atoms with Crippen LogP contribution in [0.25, 0.3) is 0 Å². The van der Waals surface area contributed by atoms with Crippen molar-refractivity contribution >= 4 is 0 Å². The van der Waals surface area contributed by atoms with Gasteiger partial charge in [-0.05, 0) is 64.3 Å². The number of nitrogens with zero attached hydrogens (tertiary/aromatic N) is 1. The zero-order valence-electron chi connectivity index (χ0n) is 11.5. The van der Waals surface area contributed by atoms with Gasteiger partial charge in [-0.25, -0.2) is 4.39 Å². The molecule has 0 aliphatic carbocycles. The van der Waals surface area contributed by atoms with E-state index in [2.05, 4.69) is 24.3 Å². The molecule has 0 radical (unpaired) electrons. The standard InChI is InChI=1S/C14H23FN2O/c1-12-11-13(15)5-6-14(12)18-10-8-16-7-4-9-17(2)3/h5-6,11,16H,4,7-10H2,1-3H3. The molecule has 0 heterocycles. The van der Waals surface area contributed by atoms with E-state index in [0.29, 0.717) is 6.61 Å². The maximum Gasteiger partial charge on any atom is 0.123 e. The highest BCUT2D eigenvalue weighted by atomic mass is 19.1. The van der Waals surface area contributed by atoms with Crippen LogP contribution in [-0.4, -0.2) is 45.2 Å². The molecule has 4 heteroatoms. The molecule has 0 saturated carbocycles. The summed E-state index contributed by atoms with van der Waals surface area (Å²) < 4.78 is 18.4. The average Bonchev–Trinajstić information content (AvgIpc) is 2.30. The minimum absolute atomic E-state index is 0.221. The number of hydrogen-bond acceptors (Lipinski definition) is 3. The van der Waals surface area contributed by atoms with E-state index in [0.717, 1.165) is 37.4 Å². The van der Waals surface area contributed by atoms with E-state index in [1.165, 1.54) is 12.1 Å². The van der Waals surface area contributed by atoms with Gasteiger partial charge < -0.3 is 15.0 Å². The lowest BCUT2D eigenvalue weighted by molar-refractivity contribution is 0.309. The summed E-state index contributed by atoms with van der Waals surface area (Å²) in [5, 5.41) is 3.32. The van der Waals surface area contributed by atoms with Crippen molar-refractivity contribution in [3.63, 3.8) is 0 Å². The highest BCUT2D eigenvalue weighted by molar-refractivity contribution is 5.32. The molecule has 0 atom stereocenters. The van der Waals surface area contributed by atoms with Crippen LogP contribution in [0.5, 0.6) is 5.75 Å². The first-order valence-corrected chi connectivity index (χ1v) is 6.34. The maximum atomic E-state index is 12.9. The second kappa shape index (κ2) is 8.06. The Balaban J connectivity index is 2.11.